The number of carbonyl (C=O) groups is 2. The maximum Gasteiger partial charge on any atom is 0.328 e. The van der Waals surface area contributed by atoms with Crippen LogP contribution in [0.2, 0.25) is 0 Å². The molecule has 144 valence electrons. The number of carbonyl (C=O) groups excluding carboxylic acids is 2. The first-order valence-corrected chi connectivity index (χ1v) is 9.34. The zero-order valence-electron chi connectivity index (χ0n) is 15.3. The number of thioether (sulfide) groups is 1. The molecular formula is C17H18N8O2S. The lowest BCUT2D eigenvalue weighted by Crippen LogP contribution is -2.63. The van der Waals surface area contributed by atoms with E-state index in [2.05, 4.69) is 32.1 Å². The third kappa shape index (κ3) is 2.93. The van der Waals surface area contributed by atoms with Crippen LogP contribution in [0.1, 0.15) is 0 Å². The smallest absolute Gasteiger partial charge is 0.328 e. The molecule has 2 aliphatic rings. The van der Waals surface area contributed by atoms with E-state index in [1.807, 2.05) is 16.7 Å². The Morgan fingerprint density at radius 1 is 1.32 bits per heavy atom. The first-order valence-electron chi connectivity index (χ1n) is 8.52. The standard InChI is InChI=1S/C17H18N8O2S/c1-4-8-25-12(10-6-5-7-18-9-10)21-22-16(25)28-15-19-11-13(20-15)23(2)17(27)24(3)14(11)26/h4-7,9,11,13H,1,8H2,2-3H3,(H,19,20)/t11-,13+/m0/s1. The lowest BCUT2D eigenvalue weighted by Gasteiger charge is -2.36. The highest BCUT2D eigenvalue weighted by Crippen LogP contribution is 2.28. The van der Waals surface area contributed by atoms with Crippen molar-refractivity contribution in [1.82, 2.24) is 34.9 Å². The van der Waals surface area contributed by atoms with Crippen LogP contribution in [-0.4, -0.2) is 73.0 Å². The molecule has 28 heavy (non-hydrogen) atoms. The van der Waals surface area contributed by atoms with Gasteiger partial charge in [0.1, 0.15) is 6.04 Å². The van der Waals surface area contributed by atoms with E-state index in [0.717, 1.165) is 10.5 Å². The first kappa shape index (κ1) is 18.2. The van der Waals surface area contributed by atoms with Crippen LogP contribution in [0.15, 0.2) is 47.3 Å². The number of nitrogens with one attached hydrogen (secondary N) is 1. The van der Waals surface area contributed by atoms with E-state index in [4.69, 9.17) is 0 Å². The molecule has 2 aromatic rings. The molecule has 4 heterocycles. The summed E-state index contributed by atoms with van der Waals surface area (Å²) in [5.74, 6) is 0.352. The van der Waals surface area contributed by atoms with Gasteiger partial charge in [0.15, 0.2) is 22.3 Å². The minimum Gasteiger partial charge on any atom is -0.349 e. The number of amides is 3. The van der Waals surface area contributed by atoms with Gasteiger partial charge in [0, 0.05) is 38.6 Å². The van der Waals surface area contributed by atoms with Crippen molar-refractivity contribution >= 4 is 28.9 Å². The van der Waals surface area contributed by atoms with Crippen molar-refractivity contribution in [1.29, 1.82) is 0 Å². The van der Waals surface area contributed by atoms with Crippen molar-refractivity contribution in [2.24, 2.45) is 4.99 Å². The molecule has 0 bridgehead atoms. The number of aliphatic imine (C=N–C) groups is 1. The fourth-order valence-electron chi connectivity index (χ4n) is 3.10. The maximum absolute atomic E-state index is 12.4. The SMILES string of the molecule is C=CCn1c(SC2=N[C@H]3[C@H](N2)C(=O)N(C)C(=O)N3C)nnc1-c1cccnc1. The zero-order chi connectivity index (χ0) is 19.8. The molecule has 0 radical (unpaired) electrons. The number of rotatable bonds is 4. The Bertz CT molecular complexity index is 973. The third-order valence-electron chi connectivity index (χ3n) is 4.54. The van der Waals surface area contributed by atoms with Gasteiger partial charge in [-0.3, -0.25) is 19.2 Å². The summed E-state index contributed by atoms with van der Waals surface area (Å²) in [4.78, 5) is 35.7. The van der Waals surface area contributed by atoms with Gasteiger partial charge in [0.25, 0.3) is 5.91 Å². The predicted molar refractivity (Wildman–Crippen MR) is 103 cm³/mol. The molecule has 1 saturated heterocycles. The summed E-state index contributed by atoms with van der Waals surface area (Å²) in [5.41, 5.74) is 0.834. The van der Waals surface area contributed by atoms with Crippen LogP contribution in [0, 0.1) is 0 Å². The minimum absolute atomic E-state index is 0.309. The summed E-state index contributed by atoms with van der Waals surface area (Å²) < 4.78 is 1.89. The Morgan fingerprint density at radius 2 is 2.14 bits per heavy atom. The summed E-state index contributed by atoms with van der Waals surface area (Å²) >= 11 is 1.26. The summed E-state index contributed by atoms with van der Waals surface area (Å²) in [6.45, 7) is 4.30. The Labute approximate surface area is 165 Å². The molecule has 0 saturated carbocycles. The highest BCUT2D eigenvalue weighted by atomic mass is 32.2. The summed E-state index contributed by atoms with van der Waals surface area (Å²) in [7, 11) is 3.09. The Kier molecular flexibility index (Phi) is 4.59. The number of imide groups is 1. The molecule has 0 aliphatic carbocycles. The Balaban J connectivity index is 1.62. The molecule has 2 atom stereocenters. The van der Waals surface area contributed by atoms with Gasteiger partial charge in [-0.05, 0) is 23.9 Å². The molecule has 2 aliphatic heterocycles. The molecule has 0 aromatic carbocycles. The van der Waals surface area contributed by atoms with Crippen molar-refractivity contribution in [3.63, 3.8) is 0 Å². The van der Waals surface area contributed by atoms with Crippen LogP contribution < -0.4 is 5.32 Å². The van der Waals surface area contributed by atoms with E-state index >= 15 is 0 Å². The molecule has 4 rings (SSSR count). The lowest BCUT2D eigenvalue weighted by atomic mass is 10.1. The van der Waals surface area contributed by atoms with Gasteiger partial charge in [0.2, 0.25) is 0 Å². The fourth-order valence-corrected chi connectivity index (χ4v) is 3.97. The second-order valence-corrected chi connectivity index (χ2v) is 7.27. The van der Waals surface area contributed by atoms with Crippen molar-refractivity contribution in [3.05, 3.63) is 37.2 Å². The normalized spacial score (nSPS) is 21.4. The lowest BCUT2D eigenvalue weighted by molar-refractivity contribution is -0.133. The average molecular weight is 398 g/mol. The highest BCUT2D eigenvalue weighted by Gasteiger charge is 2.47. The number of urea groups is 1. The van der Waals surface area contributed by atoms with Gasteiger partial charge in [-0.15, -0.1) is 16.8 Å². The molecule has 2 aromatic heterocycles. The van der Waals surface area contributed by atoms with Crippen LogP contribution in [0.4, 0.5) is 4.79 Å². The van der Waals surface area contributed by atoms with Crippen molar-refractivity contribution in [2.45, 2.75) is 23.9 Å². The number of pyridine rings is 1. The molecule has 3 amide bonds. The van der Waals surface area contributed by atoms with E-state index in [-0.39, 0.29) is 11.9 Å². The number of nitrogens with zero attached hydrogens (tertiary/aromatic N) is 7. The topological polar surface area (TPSA) is 109 Å². The zero-order valence-corrected chi connectivity index (χ0v) is 16.1. The second-order valence-electron chi connectivity index (χ2n) is 6.31. The van der Waals surface area contributed by atoms with Gasteiger partial charge >= 0.3 is 6.03 Å². The number of allylic oxidation sites excluding steroid dienone is 1. The Morgan fingerprint density at radius 3 is 2.86 bits per heavy atom. The van der Waals surface area contributed by atoms with Gasteiger partial charge < -0.3 is 10.2 Å². The number of fused-ring (bicyclic) bond motifs is 1. The van der Waals surface area contributed by atoms with Crippen LogP contribution >= 0.6 is 11.8 Å². The van der Waals surface area contributed by atoms with Crippen molar-refractivity contribution < 1.29 is 9.59 Å². The monoisotopic (exact) mass is 398 g/mol. The molecule has 1 N–H and O–H groups in total. The maximum atomic E-state index is 12.4. The van der Waals surface area contributed by atoms with Crippen molar-refractivity contribution in [3.8, 4) is 11.4 Å². The number of hydrogen-bond donors (Lipinski definition) is 1. The fraction of sp³-hybridized carbons (Fsp3) is 0.294. The van der Waals surface area contributed by atoms with Gasteiger partial charge in [-0.25, -0.2) is 9.79 Å². The van der Waals surface area contributed by atoms with Gasteiger partial charge in [-0.1, -0.05) is 6.08 Å². The Hall–Kier alpha value is -3.21. The van der Waals surface area contributed by atoms with Crippen LogP contribution in [-0.2, 0) is 11.3 Å². The second kappa shape index (κ2) is 7.08. The molecule has 11 heteroatoms. The summed E-state index contributed by atoms with van der Waals surface area (Å²) in [5, 5.41) is 12.7. The van der Waals surface area contributed by atoms with Crippen LogP contribution in [0.3, 0.4) is 0 Å². The van der Waals surface area contributed by atoms with E-state index in [1.54, 1.807) is 25.5 Å². The van der Waals surface area contributed by atoms with E-state index < -0.39 is 12.2 Å². The van der Waals surface area contributed by atoms with E-state index in [0.29, 0.717) is 22.7 Å². The number of amidine groups is 1. The molecule has 0 spiro atoms. The number of aromatic nitrogens is 4. The van der Waals surface area contributed by atoms with Gasteiger partial charge in [0.05, 0.1) is 0 Å². The average Bonchev–Trinajstić information content (AvgIpc) is 3.31. The molecule has 0 unspecified atom stereocenters. The molecule has 10 nitrogen and oxygen atoms in total. The largest absolute Gasteiger partial charge is 0.349 e. The van der Waals surface area contributed by atoms with Crippen molar-refractivity contribution in [2.75, 3.05) is 14.1 Å². The number of likely N-dealkylation sites (N-methyl/N-ethyl adjacent to an activating group) is 2. The van der Waals surface area contributed by atoms with Crippen LogP contribution in [0.25, 0.3) is 11.4 Å². The summed E-state index contributed by atoms with van der Waals surface area (Å²) in [6, 6.07) is 2.75. The predicted octanol–water partition coefficient (Wildman–Crippen LogP) is 0.796. The minimum atomic E-state index is -0.608. The highest BCUT2D eigenvalue weighted by molar-refractivity contribution is 8.13. The number of hydrogen-bond acceptors (Lipinski definition) is 8. The first-order chi connectivity index (χ1) is 13.5. The quantitative estimate of drug-likeness (QED) is 0.759. The van der Waals surface area contributed by atoms with Crippen LogP contribution in [0.5, 0.6) is 0 Å². The summed E-state index contributed by atoms with van der Waals surface area (Å²) in [6.07, 6.45) is 4.58. The molecule has 1 fully saturated rings. The van der Waals surface area contributed by atoms with Gasteiger partial charge in [-0.2, -0.15) is 0 Å². The van der Waals surface area contributed by atoms with E-state index in [1.165, 1.54) is 23.7 Å². The molecular weight excluding hydrogens is 380 g/mol. The van der Waals surface area contributed by atoms with E-state index in [9.17, 15) is 9.59 Å². The third-order valence-corrected chi connectivity index (χ3v) is 5.45.